The first-order valence-electron chi connectivity index (χ1n) is 14.5. The number of benzene rings is 1. The molecule has 1 aromatic rings. The van der Waals surface area contributed by atoms with Gasteiger partial charge in [0.2, 0.25) is 5.82 Å². The molecule has 1 aromatic carbocycles. The molecule has 39 heavy (non-hydrogen) atoms. The van der Waals surface area contributed by atoms with Crippen molar-refractivity contribution in [3.63, 3.8) is 0 Å². The Kier molecular flexibility index (Phi) is 20.0. The van der Waals surface area contributed by atoms with E-state index in [2.05, 4.69) is 11.4 Å². The molecule has 8 nitrogen and oxygen atoms in total. The molecule has 0 fully saturated rings. The van der Waals surface area contributed by atoms with Gasteiger partial charge in [0.25, 0.3) is 0 Å². The van der Waals surface area contributed by atoms with Gasteiger partial charge in [-0.15, -0.1) is 0 Å². The zero-order valence-corrected chi connectivity index (χ0v) is 24.8. The first-order chi connectivity index (χ1) is 18.8. The highest BCUT2D eigenvalue weighted by Crippen LogP contribution is 2.36. The summed E-state index contributed by atoms with van der Waals surface area (Å²) in [6.45, 7) is 2.17. The summed E-state index contributed by atoms with van der Waals surface area (Å²) in [5.41, 5.74) is 0.00474. The Bertz CT molecular complexity index is 859. The van der Waals surface area contributed by atoms with E-state index < -0.39 is 26.4 Å². The summed E-state index contributed by atoms with van der Waals surface area (Å²) < 4.78 is 46.5. The van der Waals surface area contributed by atoms with E-state index >= 15 is 0 Å². The van der Waals surface area contributed by atoms with Crippen molar-refractivity contribution in [1.29, 1.82) is 5.26 Å². The summed E-state index contributed by atoms with van der Waals surface area (Å²) >= 11 is 0. The van der Waals surface area contributed by atoms with Crippen LogP contribution in [-0.4, -0.2) is 42.8 Å². The second-order valence-electron chi connectivity index (χ2n) is 9.97. The molecule has 0 saturated carbocycles. The number of unbranched alkanes of at least 4 members (excludes halogenated alkanes) is 15. The highest BCUT2D eigenvalue weighted by Gasteiger charge is 2.23. The molecule has 224 valence electrons. The maximum atomic E-state index is 14.7. The van der Waals surface area contributed by atoms with Crippen LogP contribution >= 0.6 is 7.82 Å². The van der Waals surface area contributed by atoms with Crippen LogP contribution in [0.25, 0.3) is 0 Å². The smallest absolute Gasteiger partial charge is 0.469 e. The predicted octanol–water partition coefficient (Wildman–Crippen LogP) is 7.84. The second-order valence-corrected chi connectivity index (χ2v) is 11.2. The molecular weight excluding hydrogens is 524 g/mol. The van der Waals surface area contributed by atoms with Gasteiger partial charge in [-0.25, -0.2) is 4.57 Å². The molecule has 0 amide bonds. The number of halogens is 1. The number of hydrogen-bond acceptors (Lipinski definition) is 6. The van der Waals surface area contributed by atoms with E-state index in [9.17, 15) is 8.96 Å². The summed E-state index contributed by atoms with van der Waals surface area (Å²) in [6.07, 6.45) is 19.5. The van der Waals surface area contributed by atoms with Crippen LogP contribution in [0.3, 0.4) is 0 Å². The topological polar surface area (TPSA) is 118 Å². The van der Waals surface area contributed by atoms with Crippen LogP contribution in [0.4, 0.5) is 4.39 Å². The molecule has 0 saturated heterocycles. The quantitative estimate of drug-likeness (QED) is 0.0897. The Morgan fingerprint density at radius 3 is 1.85 bits per heavy atom. The van der Waals surface area contributed by atoms with E-state index in [4.69, 9.17) is 29.3 Å². The van der Waals surface area contributed by atoms with Gasteiger partial charge in [-0.2, -0.15) is 9.65 Å². The van der Waals surface area contributed by atoms with Crippen molar-refractivity contribution < 1.29 is 37.5 Å². The van der Waals surface area contributed by atoms with Gasteiger partial charge >= 0.3 is 7.82 Å². The van der Waals surface area contributed by atoms with Crippen LogP contribution < -0.4 is 9.47 Å². The Balaban J connectivity index is 2.20. The van der Waals surface area contributed by atoms with Gasteiger partial charge in [0, 0.05) is 6.61 Å². The van der Waals surface area contributed by atoms with Crippen molar-refractivity contribution in [1.82, 2.24) is 0 Å². The highest BCUT2D eigenvalue weighted by molar-refractivity contribution is 7.46. The molecule has 2 N–H and O–H groups in total. The molecular formula is C29H49FNO7P. The van der Waals surface area contributed by atoms with Gasteiger partial charge in [-0.1, -0.05) is 103 Å². The van der Waals surface area contributed by atoms with Crippen molar-refractivity contribution in [2.45, 2.75) is 116 Å². The van der Waals surface area contributed by atoms with E-state index in [0.29, 0.717) is 6.61 Å². The Labute approximate surface area is 234 Å². The van der Waals surface area contributed by atoms with E-state index in [1.54, 1.807) is 0 Å². The standard InChI is InChI=1S/C29H49FNO7P/c1-3-4-5-6-7-8-9-10-11-12-13-14-15-16-17-18-21-36-23-26(24-37-39(32,33)34)38-27-20-19-25(22-31)29(35-2)28(27)30/h19-20,26H,3-18,21,23-24H2,1-2H3,(H2,32,33,34)/t26-/m1/s1. The third-order valence-electron chi connectivity index (χ3n) is 6.55. The summed E-state index contributed by atoms with van der Waals surface area (Å²) in [6, 6.07) is 4.43. The Morgan fingerprint density at radius 1 is 0.872 bits per heavy atom. The van der Waals surface area contributed by atoms with Crippen LogP contribution in [0.1, 0.15) is 115 Å². The summed E-state index contributed by atoms with van der Waals surface area (Å²) in [5.74, 6) is -1.37. The molecule has 0 unspecified atom stereocenters. The molecule has 0 aromatic heterocycles. The average Bonchev–Trinajstić information content (AvgIpc) is 2.91. The molecule has 1 atom stereocenters. The van der Waals surface area contributed by atoms with Crippen molar-refractivity contribution in [2.24, 2.45) is 0 Å². The molecule has 1 rings (SSSR count). The first kappa shape index (κ1) is 35.3. The van der Waals surface area contributed by atoms with Crippen LogP contribution in [0, 0.1) is 17.1 Å². The minimum atomic E-state index is -4.74. The van der Waals surface area contributed by atoms with Gasteiger partial charge in [0.15, 0.2) is 11.5 Å². The summed E-state index contributed by atoms with van der Waals surface area (Å²) in [4.78, 5) is 18.1. The SMILES string of the molecule is CCCCCCCCCCCCCCCCCCOC[C@H](COP(=O)(O)O)Oc1ccc(C#N)c(OC)c1F. The lowest BCUT2D eigenvalue weighted by Gasteiger charge is -2.20. The molecule has 0 heterocycles. The number of phosphoric ester groups is 1. The number of methoxy groups -OCH3 is 1. The summed E-state index contributed by atoms with van der Waals surface area (Å²) in [7, 11) is -3.51. The third-order valence-corrected chi connectivity index (χ3v) is 7.04. The molecule has 0 radical (unpaired) electrons. The Morgan fingerprint density at radius 2 is 1.38 bits per heavy atom. The maximum Gasteiger partial charge on any atom is 0.469 e. The largest absolute Gasteiger partial charge is 0.492 e. The van der Waals surface area contributed by atoms with E-state index in [0.717, 1.165) is 19.3 Å². The van der Waals surface area contributed by atoms with Crippen molar-refractivity contribution in [3.8, 4) is 17.6 Å². The van der Waals surface area contributed by atoms with Gasteiger partial charge in [-0.3, -0.25) is 4.52 Å². The lowest BCUT2D eigenvalue weighted by atomic mass is 10.0. The average molecular weight is 574 g/mol. The van der Waals surface area contributed by atoms with Gasteiger partial charge in [0.1, 0.15) is 12.2 Å². The van der Waals surface area contributed by atoms with E-state index in [-0.39, 0.29) is 23.7 Å². The highest BCUT2D eigenvalue weighted by atomic mass is 31.2. The molecule has 0 spiro atoms. The van der Waals surface area contributed by atoms with Crippen LogP contribution in [0.15, 0.2) is 12.1 Å². The zero-order chi connectivity index (χ0) is 28.8. The second kappa shape index (κ2) is 22.1. The van der Waals surface area contributed by atoms with Crippen LogP contribution in [0.2, 0.25) is 0 Å². The summed E-state index contributed by atoms with van der Waals surface area (Å²) in [5, 5.41) is 9.08. The molecule has 0 bridgehead atoms. The number of hydrogen-bond donors (Lipinski definition) is 2. The lowest BCUT2D eigenvalue weighted by Crippen LogP contribution is -2.29. The van der Waals surface area contributed by atoms with Crippen molar-refractivity contribution >= 4 is 7.82 Å². The van der Waals surface area contributed by atoms with Crippen molar-refractivity contribution in [3.05, 3.63) is 23.5 Å². The van der Waals surface area contributed by atoms with Gasteiger partial charge < -0.3 is 24.0 Å². The number of phosphoric acid groups is 1. The Hall–Kier alpha value is -1.69. The number of ether oxygens (including phenoxy) is 3. The fraction of sp³-hybridized carbons (Fsp3) is 0.759. The lowest BCUT2D eigenvalue weighted by molar-refractivity contribution is 0.0161. The maximum absolute atomic E-state index is 14.7. The molecule has 0 aliphatic carbocycles. The first-order valence-corrected chi connectivity index (χ1v) is 16.1. The van der Waals surface area contributed by atoms with E-state index in [1.807, 2.05) is 6.07 Å². The van der Waals surface area contributed by atoms with Crippen molar-refractivity contribution in [2.75, 3.05) is 26.9 Å². The zero-order valence-electron chi connectivity index (χ0n) is 23.9. The fourth-order valence-electron chi connectivity index (χ4n) is 4.36. The molecule has 10 heteroatoms. The minimum absolute atomic E-state index is 0.00474. The normalized spacial score (nSPS) is 12.3. The van der Waals surface area contributed by atoms with Crippen LogP contribution in [-0.2, 0) is 13.8 Å². The molecule has 0 aliphatic heterocycles. The number of rotatable bonds is 25. The number of nitriles is 1. The fourth-order valence-corrected chi connectivity index (χ4v) is 4.72. The van der Waals surface area contributed by atoms with Gasteiger partial charge in [-0.05, 0) is 18.6 Å². The van der Waals surface area contributed by atoms with Gasteiger partial charge in [0.05, 0.1) is 25.9 Å². The molecule has 0 aliphatic rings. The number of nitrogens with zero attached hydrogens (tertiary/aromatic N) is 1. The minimum Gasteiger partial charge on any atom is -0.492 e. The van der Waals surface area contributed by atoms with E-state index in [1.165, 1.54) is 103 Å². The monoisotopic (exact) mass is 573 g/mol. The van der Waals surface area contributed by atoms with Crippen LogP contribution in [0.5, 0.6) is 11.5 Å². The predicted molar refractivity (Wildman–Crippen MR) is 150 cm³/mol. The third kappa shape index (κ3) is 17.6.